The number of urea groups is 1. The Morgan fingerprint density at radius 3 is 2.08 bits per heavy atom. The van der Waals surface area contributed by atoms with Crippen LogP contribution in [0.1, 0.15) is 5.56 Å². The first-order chi connectivity index (χ1) is 12.8. The standard InChI is InChI=1S/C21H18N2O3/c1-25-16-12-10-15(11-13-16)14-22-21(24)23-17-6-2-4-8-19(17)26-20-9-5-3-7-18(20)23/h2-13H,14H2,1H3,(H,22,24). The highest BCUT2D eigenvalue weighted by molar-refractivity contribution is 6.03. The van der Waals surface area contributed by atoms with Gasteiger partial charge in [0.05, 0.1) is 18.5 Å². The third-order valence-corrected chi connectivity index (χ3v) is 4.24. The minimum absolute atomic E-state index is 0.205. The van der Waals surface area contributed by atoms with Gasteiger partial charge in [0.1, 0.15) is 5.75 Å². The SMILES string of the molecule is COc1ccc(CNC(=O)N2c3ccccc3Oc3ccccc32)cc1. The first-order valence-corrected chi connectivity index (χ1v) is 8.33. The van der Waals surface area contributed by atoms with Gasteiger partial charge in [-0.3, -0.25) is 4.90 Å². The minimum atomic E-state index is -0.205. The number of benzene rings is 3. The molecular weight excluding hydrogens is 328 g/mol. The molecule has 2 amide bonds. The lowest BCUT2D eigenvalue weighted by Crippen LogP contribution is -2.37. The maximum absolute atomic E-state index is 13.0. The third-order valence-electron chi connectivity index (χ3n) is 4.24. The largest absolute Gasteiger partial charge is 0.497 e. The van der Waals surface area contributed by atoms with Crippen molar-refractivity contribution in [3.8, 4) is 17.2 Å². The molecule has 3 aromatic carbocycles. The van der Waals surface area contributed by atoms with Crippen LogP contribution in [0.3, 0.4) is 0 Å². The monoisotopic (exact) mass is 346 g/mol. The average Bonchev–Trinajstić information content (AvgIpc) is 2.70. The molecule has 0 saturated carbocycles. The summed E-state index contributed by atoms with van der Waals surface area (Å²) in [5.41, 5.74) is 2.44. The number of nitrogens with one attached hydrogen (secondary N) is 1. The number of fused-ring (bicyclic) bond motifs is 2. The fraction of sp³-hybridized carbons (Fsp3) is 0.0952. The second-order valence-corrected chi connectivity index (χ2v) is 5.88. The fourth-order valence-electron chi connectivity index (χ4n) is 2.92. The molecule has 5 heteroatoms. The van der Waals surface area contributed by atoms with E-state index in [1.807, 2.05) is 72.8 Å². The maximum Gasteiger partial charge on any atom is 0.327 e. The highest BCUT2D eigenvalue weighted by Crippen LogP contribution is 2.46. The maximum atomic E-state index is 13.0. The van der Waals surface area contributed by atoms with Crippen LogP contribution in [0.5, 0.6) is 17.2 Å². The topological polar surface area (TPSA) is 50.8 Å². The molecule has 0 aromatic heterocycles. The quantitative estimate of drug-likeness (QED) is 0.738. The van der Waals surface area contributed by atoms with Crippen LogP contribution < -0.4 is 19.7 Å². The van der Waals surface area contributed by atoms with Crippen LogP contribution in [-0.2, 0) is 6.54 Å². The molecular formula is C21H18N2O3. The van der Waals surface area contributed by atoms with Crippen molar-refractivity contribution in [1.29, 1.82) is 0 Å². The molecule has 0 radical (unpaired) electrons. The van der Waals surface area contributed by atoms with Crippen molar-refractivity contribution in [1.82, 2.24) is 5.32 Å². The molecule has 0 fully saturated rings. The van der Waals surface area contributed by atoms with Crippen LogP contribution in [0.2, 0.25) is 0 Å². The van der Waals surface area contributed by atoms with E-state index in [0.717, 1.165) is 22.7 Å². The summed E-state index contributed by atoms with van der Waals surface area (Å²) in [4.78, 5) is 14.6. The number of anilines is 2. The van der Waals surface area contributed by atoms with E-state index in [2.05, 4.69) is 5.32 Å². The van der Waals surface area contributed by atoms with Gasteiger partial charge in [0.15, 0.2) is 11.5 Å². The van der Waals surface area contributed by atoms with Crippen LogP contribution in [0.4, 0.5) is 16.2 Å². The summed E-state index contributed by atoms with van der Waals surface area (Å²) >= 11 is 0. The van der Waals surface area contributed by atoms with Crippen molar-refractivity contribution in [2.75, 3.05) is 12.0 Å². The van der Waals surface area contributed by atoms with Crippen molar-refractivity contribution in [2.45, 2.75) is 6.54 Å². The van der Waals surface area contributed by atoms with Gasteiger partial charge in [0.2, 0.25) is 0 Å². The second-order valence-electron chi connectivity index (χ2n) is 5.88. The van der Waals surface area contributed by atoms with Gasteiger partial charge >= 0.3 is 6.03 Å². The number of ether oxygens (including phenoxy) is 2. The van der Waals surface area contributed by atoms with Gasteiger partial charge < -0.3 is 14.8 Å². The lowest BCUT2D eigenvalue weighted by Gasteiger charge is -2.31. The van der Waals surface area contributed by atoms with Crippen molar-refractivity contribution in [3.63, 3.8) is 0 Å². The van der Waals surface area contributed by atoms with Gasteiger partial charge in [0, 0.05) is 6.54 Å². The molecule has 0 spiro atoms. The van der Waals surface area contributed by atoms with Gasteiger partial charge in [0.25, 0.3) is 0 Å². The van der Waals surface area contributed by atoms with Gasteiger partial charge in [-0.25, -0.2) is 4.79 Å². The number of rotatable bonds is 3. The summed E-state index contributed by atoms with van der Waals surface area (Å²) in [5, 5.41) is 2.98. The van der Waals surface area contributed by atoms with E-state index in [0.29, 0.717) is 18.0 Å². The van der Waals surface area contributed by atoms with E-state index < -0.39 is 0 Å². The van der Waals surface area contributed by atoms with E-state index in [4.69, 9.17) is 9.47 Å². The molecule has 0 atom stereocenters. The molecule has 4 rings (SSSR count). The highest BCUT2D eigenvalue weighted by Gasteiger charge is 2.28. The number of nitrogens with zero attached hydrogens (tertiary/aromatic N) is 1. The van der Waals surface area contributed by atoms with Crippen LogP contribution in [0.15, 0.2) is 72.8 Å². The third kappa shape index (κ3) is 2.95. The number of carbonyl (C=O) groups excluding carboxylic acids is 1. The summed E-state index contributed by atoms with van der Waals surface area (Å²) < 4.78 is 11.1. The Labute approximate surface area is 151 Å². The molecule has 130 valence electrons. The molecule has 1 heterocycles. The smallest absolute Gasteiger partial charge is 0.327 e. The van der Waals surface area contributed by atoms with Crippen molar-refractivity contribution < 1.29 is 14.3 Å². The van der Waals surface area contributed by atoms with Crippen molar-refractivity contribution >= 4 is 17.4 Å². The first kappa shape index (κ1) is 16.0. The fourth-order valence-corrected chi connectivity index (χ4v) is 2.92. The highest BCUT2D eigenvalue weighted by atomic mass is 16.5. The Kier molecular flexibility index (Phi) is 4.19. The lowest BCUT2D eigenvalue weighted by atomic mass is 10.1. The van der Waals surface area contributed by atoms with E-state index >= 15 is 0 Å². The molecule has 0 saturated heterocycles. The van der Waals surface area contributed by atoms with Gasteiger partial charge in [-0.05, 0) is 42.0 Å². The van der Waals surface area contributed by atoms with Crippen molar-refractivity contribution in [2.24, 2.45) is 0 Å². The molecule has 1 aliphatic heterocycles. The van der Waals surface area contributed by atoms with E-state index in [-0.39, 0.29) is 6.03 Å². The lowest BCUT2D eigenvalue weighted by molar-refractivity contribution is 0.247. The first-order valence-electron chi connectivity index (χ1n) is 8.33. The molecule has 5 nitrogen and oxygen atoms in total. The Bertz CT molecular complexity index is 892. The molecule has 26 heavy (non-hydrogen) atoms. The van der Waals surface area contributed by atoms with Crippen LogP contribution in [0.25, 0.3) is 0 Å². The van der Waals surface area contributed by atoms with Crippen molar-refractivity contribution in [3.05, 3.63) is 78.4 Å². The summed E-state index contributed by atoms with van der Waals surface area (Å²) in [7, 11) is 1.63. The van der Waals surface area contributed by atoms with E-state index in [1.165, 1.54) is 0 Å². The number of methoxy groups -OCH3 is 1. The average molecular weight is 346 g/mol. The number of hydrogen-bond acceptors (Lipinski definition) is 3. The minimum Gasteiger partial charge on any atom is -0.497 e. The Morgan fingerprint density at radius 1 is 0.923 bits per heavy atom. The molecule has 1 aliphatic rings. The van der Waals surface area contributed by atoms with Gasteiger partial charge in [-0.15, -0.1) is 0 Å². The molecule has 0 bridgehead atoms. The molecule has 0 unspecified atom stereocenters. The number of para-hydroxylation sites is 4. The predicted octanol–water partition coefficient (Wildman–Crippen LogP) is 4.85. The normalized spacial score (nSPS) is 11.8. The number of carbonyl (C=O) groups is 1. The predicted molar refractivity (Wildman–Crippen MR) is 100 cm³/mol. The van der Waals surface area contributed by atoms with Gasteiger partial charge in [-0.1, -0.05) is 36.4 Å². The number of hydrogen-bond donors (Lipinski definition) is 1. The molecule has 3 aromatic rings. The summed E-state index contributed by atoms with van der Waals surface area (Å²) in [6.45, 7) is 0.421. The molecule has 1 N–H and O–H groups in total. The zero-order valence-corrected chi connectivity index (χ0v) is 14.3. The van der Waals surface area contributed by atoms with Gasteiger partial charge in [-0.2, -0.15) is 0 Å². The van der Waals surface area contributed by atoms with E-state index in [9.17, 15) is 4.79 Å². The second kappa shape index (κ2) is 6.80. The summed E-state index contributed by atoms with van der Waals surface area (Å²) in [5.74, 6) is 2.10. The van der Waals surface area contributed by atoms with Crippen LogP contribution in [0, 0.1) is 0 Å². The molecule has 0 aliphatic carbocycles. The zero-order valence-electron chi connectivity index (χ0n) is 14.3. The Balaban J connectivity index is 1.59. The Hall–Kier alpha value is -3.47. The van der Waals surface area contributed by atoms with E-state index in [1.54, 1.807) is 12.0 Å². The Morgan fingerprint density at radius 2 is 1.50 bits per heavy atom. The zero-order chi connectivity index (χ0) is 17.9. The summed E-state index contributed by atoms with van der Waals surface area (Å²) in [6.07, 6.45) is 0. The number of amides is 2. The van der Waals surface area contributed by atoms with Crippen LogP contribution in [-0.4, -0.2) is 13.1 Å². The van der Waals surface area contributed by atoms with Crippen LogP contribution >= 0.6 is 0 Å². The summed E-state index contributed by atoms with van der Waals surface area (Å²) in [6, 6.07) is 22.4.